The Morgan fingerprint density at radius 2 is 1.93 bits per heavy atom. The summed E-state index contributed by atoms with van der Waals surface area (Å²) in [5.41, 5.74) is 0.765. The minimum atomic E-state index is -0.421. The van der Waals surface area contributed by atoms with Crippen molar-refractivity contribution in [2.24, 2.45) is 0 Å². The predicted molar refractivity (Wildman–Crippen MR) is 114 cm³/mol. The second-order valence-corrected chi connectivity index (χ2v) is 8.12. The Balaban J connectivity index is 2.06. The zero-order valence-electron chi connectivity index (χ0n) is 17.8. The van der Waals surface area contributed by atoms with Crippen molar-refractivity contribution in [3.63, 3.8) is 0 Å². The molecule has 4 unspecified atom stereocenters. The molecule has 0 amide bonds. The number of nitrogens with one attached hydrogen (secondary N) is 4. The molecule has 8 heteroatoms. The van der Waals surface area contributed by atoms with E-state index in [4.69, 9.17) is 9.72 Å². The molecule has 0 bridgehead atoms. The first-order chi connectivity index (χ1) is 13.7. The molecule has 1 aliphatic heterocycles. The lowest BCUT2D eigenvalue weighted by Crippen LogP contribution is -2.53. The highest BCUT2D eigenvalue weighted by Gasteiger charge is 2.34. The summed E-state index contributed by atoms with van der Waals surface area (Å²) in [7, 11) is 0. The Morgan fingerprint density at radius 1 is 1.21 bits per heavy atom. The quantitative estimate of drug-likeness (QED) is 0.579. The Morgan fingerprint density at radius 3 is 2.55 bits per heavy atom. The van der Waals surface area contributed by atoms with Crippen LogP contribution in [0.15, 0.2) is 9.59 Å². The van der Waals surface area contributed by atoms with E-state index in [0.717, 1.165) is 24.5 Å². The minimum Gasteiger partial charge on any atom is -0.373 e. The van der Waals surface area contributed by atoms with Gasteiger partial charge in [-0.05, 0) is 32.3 Å². The average Bonchev–Trinajstić information content (AvgIpc) is 3.06. The first-order valence-electron chi connectivity index (χ1n) is 10.2. The van der Waals surface area contributed by atoms with Crippen molar-refractivity contribution in [3.05, 3.63) is 48.6 Å². The van der Waals surface area contributed by atoms with E-state index < -0.39 is 11.1 Å². The third kappa shape index (κ3) is 4.43. The zero-order valence-corrected chi connectivity index (χ0v) is 17.8. The number of aromatic nitrogens is 4. The Bertz CT molecular complexity index is 1080. The van der Waals surface area contributed by atoms with Gasteiger partial charge in [-0.2, -0.15) is 0 Å². The van der Waals surface area contributed by atoms with E-state index in [1.54, 1.807) is 6.08 Å². The van der Waals surface area contributed by atoms with Crippen LogP contribution < -0.4 is 27.1 Å². The Hall–Kier alpha value is -2.45. The maximum absolute atomic E-state index is 12.2. The lowest BCUT2D eigenvalue weighted by atomic mass is 9.91. The zero-order chi connectivity index (χ0) is 21.3. The Kier molecular flexibility index (Phi) is 6.24. The fourth-order valence-corrected chi connectivity index (χ4v) is 3.95. The van der Waals surface area contributed by atoms with Crippen LogP contribution in [-0.4, -0.2) is 44.7 Å². The summed E-state index contributed by atoms with van der Waals surface area (Å²) in [6.07, 6.45) is 2.76. The van der Waals surface area contributed by atoms with Crippen molar-refractivity contribution in [1.82, 2.24) is 25.3 Å². The van der Waals surface area contributed by atoms with Gasteiger partial charge in [-0.15, -0.1) is 0 Å². The summed E-state index contributed by atoms with van der Waals surface area (Å²) in [5, 5.41) is 3.80. The van der Waals surface area contributed by atoms with Crippen molar-refractivity contribution in [2.75, 3.05) is 6.54 Å². The molecule has 4 N–H and O–H groups in total. The van der Waals surface area contributed by atoms with E-state index in [2.05, 4.69) is 61.5 Å². The number of nitrogens with zero attached hydrogens (tertiary/aromatic N) is 1. The molecule has 0 spiro atoms. The smallest absolute Gasteiger partial charge is 0.272 e. The number of morpholine rings is 1. The molecule has 2 aromatic heterocycles. The maximum atomic E-state index is 12.2. The van der Waals surface area contributed by atoms with Crippen molar-refractivity contribution < 1.29 is 4.74 Å². The van der Waals surface area contributed by atoms with Gasteiger partial charge in [0.25, 0.3) is 11.1 Å². The van der Waals surface area contributed by atoms with Crippen LogP contribution in [0.3, 0.4) is 0 Å². The summed E-state index contributed by atoms with van der Waals surface area (Å²) in [6.45, 7) is 14.7. The van der Waals surface area contributed by atoms with Crippen LogP contribution in [0.4, 0.5) is 0 Å². The topological polar surface area (TPSA) is 116 Å². The molecule has 0 saturated carbocycles. The first-order valence-corrected chi connectivity index (χ1v) is 10.2. The SMILES string of the molecule is C=c1[nH]c(=O)c(=Cc2nc(C(CC)C3NCC(C)OC3C)[nH]c2C(C)C)[nH]c1=O. The van der Waals surface area contributed by atoms with E-state index in [0.29, 0.717) is 5.69 Å². The first kappa shape index (κ1) is 21.3. The molecule has 1 aliphatic rings. The van der Waals surface area contributed by atoms with E-state index in [1.165, 1.54) is 0 Å². The highest BCUT2D eigenvalue weighted by molar-refractivity contribution is 5.48. The number of aromatic amines is 3. The van der Waals surface area contributed by atoms with Gasteiger partial charge in [0.05, 0.1) is 23.3 Å². The van der Waals surface area contributed by atoms with Gasteiger partial charge < -0.3 is 25.0 Å². The molecule has 4 atom stereocenters. The predicted octanol–water partition coefficient (Wildman–Crippen LogP) is 0.408. The van der Waals surface area contributed by atoms with E-state index in [1.807, 2.05) is 0 Å². The summed E-state index contributed by atoms with van der Waals surface area (Å²) in [5.74, 6) is 1.17. The minimum absolute atomic E-state index is 0.0385. The number of hydrogen-bond donors (Lipinski definition) is 4. The Labute approximate surface area is 169 Å². The highest BCUT2D eigenvalue weighted by atomic mass is 16.5. The molecule has 1 saturated heterocycles. The summed E-state index contributed by atoms with van der Waals surface area (Å²) < 4.78 is 6.02. The number of ether oxygens (including phenoxy) is 1. The van der Waals surface area contributed by atoms with Crippen LogP contribution >= 0.6 is 0 Å². The molecule has 29 heavy (non-hydrogen) atoms. The largest absolute Gasteiger partial charge is 0.373 e. The number of H-pyrrole nitrogens is 3. The highest BCUT2D eigenvalue weighted by Crippen LogP contribution is 2.29. The van der Waals surface area contributed by atoms with E-state index >= 15 is 0 Å². The van der Waals surface area contributed by atoms with E-state index in [-0.39, 0.29) is 40.8 Å². The molecule has 0 aliphatic carbocycles. The van der Waals surface area contributed by atoms with Crippen molar-refractivity contribution >= 4 is 12.7 Å². The third-order valence-electron chi connectivity index (χ3n) is 5.49. The summed E-state index contributed by atoms with van der Waals surface area (Å²) in [4.78, 5) is 37.5. The van der Waals surface area contributed by atoms with Crippen LogP contribution in [0.5, 0.6) is 0 Å². The standard InChI is InChI=1S/C21H31N5O3/c1-7-14(18-13(6)29-11(4)9-22-18)19-24-15(17(26-19)10(2)3)8-16-21(28)23-12(5)20(27)25-16/h8,10-11,13-14,18,22H,5,7,9H2,1-4,6H3,(H,23,28)(H,24,26)(H,25,27). The lowest BCUT2D eigenvalue weighted by Gasteiger charge is -2.38. The van der Waals surface area contributed by atoms with Crippen molar-refractivity contribution in [1.29, 1.82) is 0 Å². The molecule has 8 nitrogen and oxygen atoms in total. The van der Waals surface area contributed by atoms with Crippen LogP contribution in [-0.2, 0) is 4.74 Å². The van der Waals surface area contributed by atoms with Crippen LogP contribution in [0, 0.1) is 0 Å². The van der Waals surface area contributed by atoms with Gasteiger partial charge in [-0.1, -0.05) is 27.4 Å². The molecule has 3 rings (SSSR count). The van der Waals surface area contributed by atoms with Crippen molar-refractivity contribution in [2.45, 2.75) is 71.1 Å². The van der Waals surface area contributed by atoms with Gasteiger partial charge >= 0.3 is 0 Å². The number of rotatable bonds is 5. The van der Waals surface area contributed by atoms with Gasteiger partial charge in [0.2, 0.25) is 0 Å². The van der Waals surface area contributed by atoms with Gasteiger partial charge in [0, 0.05) is 24.2 Å². The fourth-order valence-electron chi connectivity index (χ4n) is 3.95. The summed E-state index contributed by atoms with van der Waals surface area (Å²) >= 11 is 0. The summed E-state index contributed by atoms with van der Waals surface area (Å²) in [6, 6.07) is 0.142. The molecule has 158 valence electrons. The number of imidazole rings is 1. The monoisotopic (exact) mass is 401 g/mol. The molecular weight excluding hydrogens is 370 g/mol. The second kappa shape index (κ2) is 8.51. The van der Waals surface area contributed by atoms with Crippen LogP contribution in [0.1, 0.15) is 70.1 Å². The van der Waals surface area contributed by atoms with Crippen LogP contribution in [0.2, 0.25) is 0 Å². The average molecular weight is 402 g/mol. The fraction of sp³-hybridized carbons (Fsp3) is 0.571. The van der Waals surface area contributed by atoms with Gasteiger partial charge in [-0.3, -0.25) is 9.59 Å². The van der Waals surface area contributed by atoms with Gasteiger partial charge in [0.1, 0.15) is 11.2 Å². The van der Waals surface area contributed by atoms with Gasteiger partial charge in [0.15, 0.2) is 0 Å². The van der Waals surface area contributed by atoms with E-state index in [9.17, 15) is 9.59 Å². The normalized spacial score (nSPS) is 24.2. The maximum Gasteiger partial charge on any atom is 0.272 e. The number of hydrogen-bond acceptors (Lipinski definition) is 5. The molecule has 1 fully saturated rings. The second-order valence-electron chi connectivity index (χ2n) is 8.12. The van der Waals surface area contributed by atoms with Gasteiger partial charge in [-0.25, -0.2) is 4.98 Å². The molecule has 0 aromatic carbocycles. The third-order valence-corrected chi connectivity index (χ3v) is 5.49. The van der Waals surface area contributed by atoms with Crippen molar-refractivity contribution in [3.8, 4) is 0 Å². The molecule has 0 radical (unpaired) electrons. The lowest BCUT2D eigenvalue weighted by molar-refractivity contribution is -0.0506. The molecule has 3 heterocycles. The van der Waals surface area contributed by atoms with Crippen LogP contribution in [0.25, 0.3) is 12.7 Å². The molecule has 2 aromatic rings. The molecular formula is C21H31N5O3.